The van der Waals surface area contributed by atoms with Crippen LogP contribution in [0, 0.1) is 6.92 Å². The summed E-state index contributed by atoms with van der Waals surface area (Å²) in [6.45, 7) is 1.68. The molecule has 0 N–H and O–H groups in total. The van der Waals surface area contributed by atoms with Gasteiger partial charge in [0.05, 0.1) is 5.25 Å². The minimum atomic E-state index is -3.40. The van der Waals surface area contributed by atoms with Gasteiger partial charge < -0.3 is 0 Å². The Hall–Kier alpha value is -0.680. The smallest absolute Gasteiger partial charge is 0.228 e. The molecule has 0 bridgehead atoms. The van der Waals surface area contributed by atoms with Crippen LogP contribution in [0.3, 0.4) is 0 Å². The predicted molar refractivity (Wildman–Crippen MR) is 66.9 cm³/mol. The van der Waals surface area contributed by atoms with Crippen molar-refractivity contribution in [3.05, 3.63) is 33.8 Å². The quantitative estimate of drug-likeness (QED) is 0.793. The molecule has 1 aromatic rings. The van der Waals surface area contributed by atoms with Crippen LogP contribution in [0.25, 0.3) is 0 Å². The summed E-state index contributed by atoms with van der Waals surface area (Å²) in [7, 11) is -3.40. The second kappa shape index (κ2) is 4.17. The number of sulfone groups is 1. The number of benzene rings is 1. The van der Waals surface area contributed by atoms with E-state index < -0.39 is 27.4 Å². The van der Waals surface area contributed by atoms with E-state index in [1.807, 2.05) is 0 Å². The normalized spacial score (nSPS) is 22.6. The lowest BCUT2D eigenvalue weighted by atomic mass is 9.87. The fourth-order valence-electron chi connectivity index (χ4n) is 2.33. The van der Waals surface area contributed by atoms with Crippen molar-refractivity contribution in [2.24, 2.45) is 0 Å². The van der Waals surface area contributed by atoms with Crippen molar-refractivity contribution in [1.82, 2.24) is 0 Å². The summed E-state index contributed by atoms with van der Waals surface area (Å²) in [6.07, 6.45) is 0.561. The van der Waals surface area contributed by atoms with Crippen molar-refractivity contribution in [1.29, 1.82) is 0 Å². The average Bonchev–Trinajstić information content (AvgIpc) is 2.19. The van der Waals surface area contributed by atoms with Gasteiger partial charge in [-0.2, -0.15) is 0 Å². The molecule has 1 atom stereocenters. The Balaban J connectivity index is 2.70. The van der Waals surface area contributed by atoms with Crippen LogP contribution in [0.4, 0.5) is 8.78 Å². The van der Waals surface area contributed by atoms with Gasteiger partial charge in [0.25, 0.3) is 5.92 Å². The fourth-order valence-corrected chi connectivity index (χ4v) is 3.70. The van der Waals surface area contributed by atoms with Gasteiger partial charge in [-0.1, -0.05) is 17.7 Å². The maximum atomic E-state index is 13.8. The monoisotopic (exact) mass is 294 g/mol. The number of hydrogen-bond donors (Lipinski definition) is 0. The molecule has 1 aliphatic carbocycles. The van der Waals surface area contributed by atoms with Crippen LogP contribution < -0.4 is 0 Å². The Morgan fingerprint density at radius 3 is 2.56 bits per heavy atom. The Morgan fingerprint density at radius 2 is 2.00 bits per heavy atom. The third-order valence-corrected chi connectivity index (χ3v) is 5.24. The van der Waals surface area contributed by atoms with E-state index in [1.165, 1.54) is 12.1 Å². The molecule has 1 aromatic carbocycles. The second-order valence-electron chi connectivity index (χ2n) is 4.75. The first-order chi connectivity index (χ1) is 8.13. The van der Waals surface area contributed by atoms with Crippen LogP contribution in [0.1, 0.15) is 34.8 Å². The summed E-state index contributed by atoms with van der Waals surface area (Å²) in [4.78, 5) is 0. The van der Waals surface area contributed by atoms with Crippen LogP contribution in [0.2, 0.25) is 5.02 Å². The molecule has 0 spiro atoms. The number of halogens is 3. The van der Waals surface area contributed by atoms with Gasteiger partial charge in [0.2, 0.25) is 0 Å². The predicted octanol–water partition coefficient (Wildman–Crippen LogP) is 3.62. The largest absolute Gasteiger partial charge is 0.273 e. The molecule has 2 rings (SSSR count). The van der Waals surface area contributed by atoms with Crippen molar-refractivity contribution in [3.8, 4) is 0 Å². The van der Waals surface area contributed by atoms with Gasteiger partial charge in [-0.25, -0.2) is 17.2 Å². The van der Waals surface area contributed by atoms with Gasteiger partial charge in [0.1, 0.15) is 0 Å². The summed E-state index contributed by atoms with van der Waals surface area (Å²) < 4.78 is 51.0. The zero-order chi connectivity index (χ0) is 13.7. The van der Waals surface area contributed by atoms with Crippen molar-refractivity contribution in [3.63, 3.8) is 0 Å². The topological polar surface area (TPSA) is 34.1 Å². The molecule has 18 heavy (non-hydrogen) atoms. The van der Waals surface area contributed by atoms with Crippen LogP contribution in [0.5, 0.6) is 0 Å². The van der Waals surface area contributed by atoms with Crippen molar-refractivity contribution < 1.29 is 17.2 Å². The SMILES string of the molecule is Cc1cc2c(cc1Cl)C(F)(F)CCC2S(C)(=O)=O. The standard InChI is InChI=1S/C12H13ClF2O2S/c1-7-5-8-9(6-10(7)13)12(14,15)4-3-11(8)18(2,16)17/h5-6,11H,3-4H2,1-2H3. The van der Waals surface area contributed by atoms with E-state index in [2.05, 4.69) is 0 Å². The third kappa shape index (κ3) is 2.26. The van der Waals surface area contributed by atoms with E-state index in [1.54, 1.807) is 6.92 Å². The molecule has 1 unspecified atom stereocenters. The lowest BCUT2D eigenvalue weighted by Gasteiger charge is -2.31. The number of fused-ring (bicyclic) bond motifs is 1. The van der Waals surface area contributed by atoms with Crippen molar-refractivity contribution in [2.75, 3.05) is 6.26 Å². The summed E-state index contributed by atoms with van der Waals surface area (Å²) in [5.74, 6) is -3.01. The molecule has 0 fully saturated rings. The molecule has 1 aliphatic rings. The van der Waals surface area contributed by atoms with Gasteiger partial charge in [-0.3, -0.25) is 0 Å². The molecule has 0 aliphatic heterocycles. The maximum absolute atomic E-state index is 13.8. The molecular weight excluding hydrogens is 282 g/mol. The summed E-state index contributed by atoms with van der Waals surface area (Å²) in [5, 5.41) is -0.620. The van der Waals surface area contributed by atoms with E-state index in [-0.39, 0.29) is 22.6 Å². The van der Waals surface area contributed by atoms with Gasteiger partial charge in [0, 0.05) is 23.3 Å². The van der Waals surface area contributed by atoms with Gasteiger partial charge in [0.15, 0.2) is 9.84 Å². The van der Waals surface area contributed by atoms with Crippen LogP contribution in [-0.2, 0) is 15.8 Å². The number of rotatable bonds is 1. The second-order valence-corrected chi connectivity index (χ2v) is 7.39. The van der Waals surface area contributed by atoms with E-state index in [4.69, 9.17) is 11.6 Å². The Bertz CT molecular complexity index is 596. The molecule has 2 nitrogen and oxygen atoms in total. The molecule has 0 amide bonds. The molecule has 0 aromatic heterocycles. The minimum Gasteiger partial charge on any atom is -0.228 e. The first kappa shape index (κ1) is 13.7. The van der Waals surface area contributed by atoms with Crippen LogP contribution in [-0.4, -0.2) is 14.7 Å². The summed E-state index contributed by atoms with van der Waals surface area (Å²) >= 11 is 5.85. The minimum absolute atomic E-state index is 0.0556. The Kier molecular flexibility index (Phi) is 3.18. The fraction of sp³-hybridized carbons (Fsp3) is 0.500. The first-order valence-corrected chi connectivity index (χ1v) is 7.83. The molecule has 0 radical (unpaired) electrons. The highest BCUT2D eigenvalue weighted by molar-refractivity contribution is 7.90. The van der Waals surface area contributed by atoms with Crippen molar-refractivity contribution in [2.45, 2.75) is 30.9 Å². The molecule has 0 heterocycles. The van der Waals surface area contributed by atoms with Gasteiger partial charge in [-0.15, -0.1) is 0 Å². The number of alkyl halides is 2. The third-order valence-electron chi connectivity index (χ3n) is 3.31. The molecule has 0 saturated carbocycles. The first-order valence-electron chi connectivity index (χ1n) is 5.50. The zero-order valence-corrected chi connectivity index (χ0v) is 11.6. The Labute approximate surface area is 110 Å². The summed E-state index contributed by atoms with van der Waals surface area (Å²) in [5.41, 5.74) is 0.553. The van der Waals surface area contributed by atoms with E-state index in [9.17, 15) is 17.2 Å². The molecule has 6 heteroatoms. The number of aryl methyl sites for hydroxylation is 1. The molecule has 0 saturated heterocycles. The van der Waals surface area contributed by atoms with E-state index >= 15 is 0 Å². The van der Waals surface area contributed by atoms with Crippen molar-refractivity contribution >= 4 is 21.4 Å². The maximum Gasteiger partial charge on any atom is 0.273 e. The van der Waals surface area contributed by atoms with Gasteiger partial charge in [-0.05, 0) is 30.5 Å². The summed E-state index contributed by atoms with van der Waals surface area (Å²) in [6, 6.07) is 2.67. The molecule has 100 valence electrons. The van der Waals surface area contributed by atoms with E-state index in [0.29, 0.717) is 5.56 Å². The highest BCUT2D eigenvalue weighted by Gasteiger charge is 2.43. The van der Waals surface area contributed by atoms with E-state index in [0.717, 1.165) is 6.26 Å². The average molecular weight is 295 g/mol. The van der Waals surface area contributed by atoms with Gasteiger partial charge >= 0.3 is 0 Å². The highest BCUT2D eigenvalue weighted by atomic mass is 35.5. The lowest BCUT2D eigenvalue weighted by Crippen LogP contribution is -2.27. The number of hydrogen-bond acceptors (Lipinski definition) is 2. The zero-order valence-electron chi connectivity index (χ0n) is 10.0. The lowest BCUT2D eigenvalue weighted by molar-refractivity contribution is -0.0222. The van der Waals surface area contributed by atoms with Crippen LogP contribution >= 0.6 is 11.6 Å². The highest BCUT2D eigenvalue weighted by Crippen LogP contribution is 2.48. The van der Waals surface area contributed by atoms with Crippen LogP contribution in [0.15, 0.2) is 12.1 Å². The Morgan fingerprint density at radius 1 is 1.39 bits per heavy atom. The molecular formula is C12H13ClF2O2S.